The minimum absolute atomic E-state index is 0.0916. The van der Waals surface area contributed by atoms with Gasteiger partial charge in [-0.1, -0.05) is 18.9 Å². The molecule has 7 rings (SSSR count). The zero-order valence-electron chi connectivity index (χ0n) is 23.8. The fourth-order valence-corrected chi connectivity index (χ4v) is 6.93. The third-order valence-corrected chi connectivity index (χ3v) is 9.27. The molecule has 0 amide bonds. The van der Waals surface area contributed by atoms with E-state index in [1.165, 1.54) is 37.9 Å². The fraction of sp³-hybridized carbons (Fsp3) is 0.312. The zero-order valence-corrected chi connectivity index (χ0v) is 24.6. The molecule has 0 aromatic carbocycles. The standard InChI is InChI=1S/C32H32F2N8S/c1-2-23-27(28(34)22(12-35)20-11-19(15-37-16-20)14-36-13-18-5-3-4-6-18)30(39-26-17-42(23)26)32-40-29-21(9-10-38-31(29)41-32)24-7-8-25(33)43-24/h2,7-12,15-16,18,26,36H,3-6,13-14,17,35H2,1H3,(H,38,40,41)/b22-12-,23-2-,28-27-. The van der Waals surface area contributed by atoms with E-state index >= 15 is 4.39 Å². The summed E-state index contributed by atoms with van der Waals surface area (Å²) in [5, 5.41) is 3.26. The number of pyridine rings is 2. The summed E-state index contributed by atoms with van der Waals surface area (Å²) in [4.78, 5) is 24.5. The third-order valence-electron chi connectivity index (χ3n) is 8.36. The van der Waals surface area contributed by atoms with E-state index in [1.807, 2.05) is 30.0 Å². The van der Waals surface area contributed by atoms with E-state index in [-0.39, 0.29) is 16.9 Å². The molecule has 4 aromatic rings. The minimum Gasteiger partial charge on any atom is -0.404 e. The number of allylic oxidation sites excluding steroid dienone is 4. The van der Waals surface area contributed by atoms with Crippen molar-refractivity contribution in [3.8, 4) is 10.4 Å². The largest absolute Gasteiger partial charge is 0.404 e. The summed E-state index contributed by atoms with van der Waals surface area (Å²) in [5.41, 5.74) is 11.2. The number of nitrogens with two attached hydrogens (primary N) is 1. The Morgan fingerprint density at radius 3 is 2.86 bits per heavy atom. The molecule has 3 aliphatic rings. The van der Waals surface area contributed by atoms with Crippen LogP contribution in [0, 0.1) is 11.0 Å². The van der Waals surface area contributed by atoms with E-state index in [4.69, 9.17) is 15.7 Å². The average molecular weight is 599 g/mol. The van der Waals surface area contributed by atoms with Gasteiger partial charge in [0, 0.05) is 58.6 Å². The van der Waals surface area contributed by atoms with Gasteiger partial charge in [-0.2, -0.15) is 4.39 Å². The molecule has 2 fully saturated rings. The second kappa shape index (κ2) is 11.5. The van der Waals surface area contributed by atoms with Crippen molar-refractivity contribution in [3.05, 3.63) is 94.3 Å². The zero-order chi connectivity index (χ0) is 29.5. The number of aliphatic imine (C=N–C) groups is 1. The first-order valence-electron chi connectivity index (χ1n) is 14.6. The molecular formula is C32H32F2N8S. The molecule has 1 unspecified atom stereocenters. The number of hydrogen-bond donors (Lipinski definition) is 3. The number of nitrogens with zero attached hydrogens (tertiary/aromatic N) is 5. The number of H-pyrrole nitrogens is 1. The van der Waals surface area contributed by atoms with Gasteiger partial charge in [0.05, 0.1) is 17.6 Å². The van der Waals surface area contributed by atoms with E-state index in [2.05, 4.69) is 20.3 Å². The number of rotatable bonds is 8. The van der Waals surface area contributed by atoms with E-state index in [1.54, 1.807) is 24.7 Å². The van der Waals surface area contributed by atoms with Gasteiger partial charge in [-0.15, -0.1) is 11.3 Å². The normalized spacial score (nSPS) is 21.0. The molecule has 0 radical (unpaired) electrons. The van der Waals surface area contributed by atoms with Crippen LogP contribution < -0.4 is 11.1 Å². The number of halogens is 2. The van der Waals surface area contributed by atoms with Crippen LogP contribution in [0.5, 0.6) is 0 Å². The van der Waals surface area contributed by atoms with Crippen LogP contribution in [-0.4, -0.2) is 49.8 Å². The Labute approximate surface area is 252 Å². The number of thiophene rings is 1. The first-order valence-corrected chi connectivity index (χ1v) is 15.4. The van der Waals surface area contributed by atoms with Gasteiger partial charge in [0.2, 0.25) is 0 Å². The Morgan fingerprint density at radius 2 is 2.09 bits per heavy atom. The van der Waals surface area contributed by atoms with Crippen molar-refractivity contribution in [1.82, 2.24) is 30.2 Å². The molecule has 11 heteroatoms. The summed E-state index contributed by atoms with van der Waals surface area (Å²) in [6.45, 7) is 4.19. The van der Waals surface area contributed by atoms with Gasteiger partial charge < -0.3 is 20.9 Å². The summed E-state index contributed by atoms with van der Waals surface area (Å²) in [7, 11) is 0. The predicted molar refractivity (Wildman–Crippen MR) is 166 cm³/mol. The second-order valence-corrected chi connectivity index (χ2v) is 12.2. The maximum atomic E-state index is 16.8. The summed E-state index contributed by atoms with van der Waals surface area (Å²) < 4.78 is 30.7. The van der Waals surface area contributed by atoms with Crippen LogP contribution in [0.2, 0.25) is 0 Å². The van der Waals surface area contributed by atoms with Gasteiger partial charge in [-0.3, -0.25) is 9.98 Å². The smallest absolute Gasteiger partial charge is 0.178 e. The number of aromatic nitrogens is 4. The number of aromatic amines is 1. The fourth-order valence-electron chi connectivity index (χ4n) is 6.17. The van der Waals surface area contributed by atoms with Crippen LogP contribution in [0.1, 0.15) is 49.6 Å². The quantitative estimate of drug-likeness (QED) is 0.213. The highest BCUT2D eigenvalue weighted by molar-refractivity contribution is 7.14. The van der Waals surface area contributed by atoms with Crippen LogP contribution >= 0.6 is 11.3 Å². The van der Waals surface area contributed by atoms with Gasteiger partial charge in [0.25, 0.3) is 0 Å². The Morgan fingerprint density at radius 1 is 1.23 bits per heavy atom. The van der Waals surface area contributed by atoms with Gasteiger partial charge in [-0.05, 0) is 62.1 Å². The highest BCUT2D eigenvalue weighted by Crippen LogP contribution is 2.42. The highest BCUT2D eigenvalue weighted by Gasteiger charge is 2.44. The SMILES string of the molecule is C/C=C1/C(=C(F)\C(=C/N)c2cncc(CNCC3CCCC3)c2)C(c2nc3nccc(-c4ccc(F)s4)c3[nH]2)=NC2CN12. The van der Waals surface area contributed by atoms with Crippen molar-refractivity contribution < 1.29 is 8.78 Å². The number of imidazole rings is 1. The Bertz CT molecular complexity index is 1810. The summed E-state index contributed by atoms with van der Waals surface area (Å²) >= 11 is 1.04. The molecule has 220 valence electrons. The molecule has 8 nitrogen and oxygen atoms in total. The van der Waals surface area contributed by atoms with Crippen LogP contribution in [0.25, 0.3) is 27.2 Å². The van der Waals surface area contributed by atoms with Crippen LogP contribution in [0.15, 0.2) is 77.2 Å². The molecule has 6 heterocycles. The van der Waals surface area contributed by atoms with Crippen molar-refractivity contribution in [2.45, 2.75) is 45.3 Å². The molecule has 1 saturated carbocycles. The molecule has 1 atom stereocenters. The minimum atomic E-state index is -0.508. The van der Waals surface area contributed by atoms with Crippen LogP contribution in [0.3, 0.4) is 0 Å². The molecule has 1 aliphatic carbocycles. The maximum Gasteiger partial charge on any atom is 0.178 e. The predicted octanol–water partition coefficient (Wildman–Crippen LogP) is 6.07. The maximum absolute atomic E-state index is 16.8. The Kier molecular flexibility index (Phi) is 7.36. The molecule has 1 saturated heterocycles. The molecule has 4 N–H and O–H groups in total. The van der Waals surface area contributed by atoms with E-state index in [0.717, 1.165) is 45.5 Å². The van der Waals surface area contributed by atoms with Gasteiger partial charge in [-0.25, -0.2) is 14.4 Å². The average Bonchev–Trinajstić information content (AvgIpc) is 3.36. The third kappa shape index (κ3) is 5.27. The van der Waals surface area contributed by atoms with Crippen molar-refractivity contribution in [2.75, 3.05) is 13.1 Å². The number of nitrogens with one attached hydrogen (secondary N) is 2. The van der Waals surface area contributed by atoms with E-state index in [0.29, 0.717) is 46.9 Å². The highest BCUT2D eigenvalue weighted by atomic mass is 32.1. The lowest BCUT2D eigenvalue weighted by Crippen LogP contribution is -2.22. The van der Waals surface area contributed by atoms with Crippen LogP contribution in [-0.2, 0) is 6.54 Å². The summed E-state index contributed by atoms with van der Waals surface area (Å²) in [6.07, 6.45) is 13.3. The number of hydrogen-bond acceptors (Lipinski definition) is 8. The summed E-state index contributed by atoms with van der Waals surface area (Å²) in [6, 6.07) is 6.90. The van der Waals surface area contributed by atoms with E-state index in [9.17, 15) is 4.39 Å². The lowest BCUT2D eigenvalue weighted by molar-refractivity contribution is 0.489. The lowest BCUT2D eigenvalue weighted by Gasteiger charge is -2.21. The molecule has 4 aromatic heterocycles. The van der Waals surface area contributed by atoms with Crippen molar-refractivity contribution >= 4 is 33.8 Å². The van der Waals surface area contributed by atoms with E-state index < -0.39 is 5.83 Å². The monoisotopic (exact) mass is 598 g/mol. The van der Waals surface area contributed by atoms with Gasteiger partial charge in [0.15, 0.2) is 16.6 Å². The molecular weight excluding hydrogens is 566 g/mol. The topological polar surface area (TPSA) is 108 Å². The van der Waals surface area contributed by atoms with Crippen molar-refractivity contribution in [2.24, 2.45) is 16.6 Å². The molecule has 0 spiro atoms. The van der Waals surface area contributed by atoms with Crippen LogP contribution in [0.4, 0.5) is 8.78 Å². The lowest BCUT2D eigenvalue weighted by atomic mass is 9.96. The van der Waals surface area contributed by atoms with Gasteiger partial charge >= 0.3 is 0 Å². The first-order chi connectivity index (χ1) is 21.0. The van der Waals surface area contributed by atoms with Gasteiger partial charge in [0.1, 0.15) is 17.7 Å². The first kappa shape index (κ1) is 27.6. The molecule has 43 heavy (non-hydrogen) atoms. The number of fused-ring (bicyclic) bond motifs is 2. The molecule has 0 bridgehead atoms. The second-order valence-electron chi connectivity index (χ2n) is 11.2. The molecule has 2 aliphatic heterocycles. The Balaban J connectivity index is 1.25. The van der Waals surface area contributed by atoms with Crippen molar-refractivity contribution in [3.63, 3.8) is 0 Å². The summed E-state index contributed by atoms with van der Waals surface area (Å²) in [5.74, 6) is 0.604. The Hall–Kier alpha value is -4.22. The van der Waals surface area contributed by atoms with Crippen molar-refractivity contribution in [1.29, 1.82) is 0 Å².